The molecule has 0 radical (unpaired) electrons. The van der Waals surface area contributed by atoms with E-state index in [2.05, 4.69) is 18.5 Å². The summed E-state index contributed by atoms with van der Waals surface area (Å²) in [6.45, 7) is 11.6. The number of likely N-dealkylation sites (tertiary alicyclic amines) is 1. The minimum Gasteiger partial charge on any atom is -0.463 e. The second kappa shape index (κ2) is 13.8. The second-order valence-corrected chi connectivity index (χ2v) is 9.88. The summed E-state index contributed by atoms with van der Waals surface area (Å²) < 4.78 is 5.60. The molecule has 0 aliphatic carbocycles. The van der Waals surface area contributed by atoms with Gasteiger partial charge in [0.2, 0.25) is 11.8 Å². The lowest BCUT2D eigenvalue weighted by Crippen LogP contribution is -2.50. The minimum atomic E-state index is -0.817. The van der Waals surface area contributed by atoms with Gasteiger partial charge in [0.15, 0.2) is 0 Å². The Morgan fingerprint density at radius 1 is 1.17 bits per heavy atom. The van der Waals surface area contributed by atoms with Crippen LogP contribution < -0.4 is 5.32 Å². The highest BCUT2D eigenvalue weighted by Crippen LogP contribution is 2.22. The van der Waals surface area contributed by atoms with Gasteiger partial charge >= 0.3 is 5.97 Å². The molecule has 2 amide bonds. The fourth-order valence-corrected chi connectivity index (χ4v) is 4.37. The van der Waals surface area contributed by atoms with Gasteiger partial charge in [-0.25, -0.2) is 0 Å². The molecule has 1 heterocycles. The van der Waals surface area contributed by atoms with E-state index in [-0.39, 0.29) is 49.4 Å². The number of aliphatic hydroxyl groups excluding tert-OH is 1. The predicted octanol–water partition coefficient (Wildman–Crippen LogP) is 3.43. The number of amides is 2. The van der Waals surface area contributed by atoms with Crippen molar-refractivity contribution in [2.45, 2.75) is 64.0 Å². The van der Waals surface area contributed by atoms with Crippen molar-refractivity contribution in [3.05, 3.63) is 61.2 Å². The molecule has 1 saturated heterocycles. The van der Waals surface area contributed by atoms with Crippen LogP contribution in [0.2, 0.25) is 0 Å². The zero-order valence-electron chi connectivity index (χ0n) is 21.1. The third-order valence-corrected chi connectivity index (χ3v) is 6.30. The van der Waals surface area contributed by atoms with Crippen molar-refractivity contribution in [3.63, 3.8) is 0 Å². The van der Waals surface area contributed by atoms with Crippen LogP contribution in [0, 0.1) is 11.8 Å². The first-order chi connectivity index (χ1) is 16.7. The van der Waals surface area contributed by atoms with Gasteiger partial charge in [-0.3, -0.25) is 14.4 Å². The molecule has 0 unspecified atom stereocenters. The van der Waals surface area contributed by atoms with E-state index in [1.807, 2.05) is 30.3 Å². The zero-order valence-corrected chi connectivity index (χ0v) is 21.1. The Labute approximate surface area is 209 Å². The van der Waals surface area contributed by atoms with Crippen molar-refractivity contribution < 1.29 is 24.2 Å². The molecule has 7 heteroatoms. The SMILES string of the molecule is C=CC[C@H](CC(=O)N1CCC[C@H]1CO)C(=O)NC(C)(C)COC(=O)[C@@H](CC=C)Cc1ccccc1. The Morgan fingerprint density at radius 2 is 1.83 bits per heavy atom. The van der Waals surface area contributed by atoms with Crippen LogP contribution in [0.25, 0.3) is 0 Å². The van der Waals surface area contributed by atoms with Gasteiger partial charge < -0.3 is 20.1 Å². The molecule has 0 aromatic heterocycles. The summed E-state index contributed by atoms with van der Waals surface area (Å²) in [6.07, 6.45) is 6.40. The Bertz CT molecular complexity index is 867. The number of aliphatic hydroxyl groups is 1. The lowest BCUT2D eigenvalue weighted by Gasteiger charge is -2.30. The Hall–Kier alpha value is -2.93. The largest absolute Gasteiger partial charge is 0.463 e. The fraction of sp³-hybridized carbons (Fsp3) is 0.536. The van der Waals surface area contributed by atoms with Crippen molar-refractivity contribution in [1.82, 2.24) is 10.2 Å². The average molecular weight is 485 g/mol. The molecular formula is C28H40N2O5. The average Bonchev–Trinajstić information content (AvgIpc) is 3.31. The molecule has 1 fully saturated rings. The third kappa shape index (κ3) is 8.98. The molecule has 3 atom stereocenters. The molecule has 1 aliphatic rings. The number of nitrogens with zero attached hydrogens (tertiary/aromatic N) is 1. The van der Waals surface area contributed by atoms with Gasteiger partial charge in [0.05, 0.1) is 30.0 Å². The van der Waals surface area contributed by atoms with E-state index in [1.165, 1.54) is 0 Å². The summed E-state index contributed by atoms with van der Waals surface area (Å²) in [7, 11) is 0. The van der Waals surface area contributed by atoms with E-state index < -0.39 is 11.5 Å². The highest BCUT2D eigenvalue weighted by Gasteiger charge is 2.33. The van der Waals surface area contributed by atoms with E-state index in [1.54, 1.807) is 30.9 Å². The number of benzene rings is 1. The first kappa shape index (κ1) is 28.3. The molecule has 2 rings (SSSR count). The van der Waals surface area contributed by atoms with E-state index in [0.29, 0.717) is 25.8 Å². The van der Waals surface area contributed by atoms with Gasteiger partial charge in [0.25, 0.3) is 0 Å². The number of carbonyl (C=O) groups is 3. The lowest BCUT2D eigenvalue weighted by atomic mass is 9.96. The first-order valence-corrected chi connectivity index (χ1v) is 12.4. The summed E-state index contributed by atoms with van der Waals surface area (Å²) >= 11 is 0. The highest BCUT2D eigenvalue weighted by atomic mass is 16.5. The van der Waals surface area contributed by atoms with E-state index in [4.69, 9.17) is 4.74 Å². The molecular weight excluding hydrogens is 444 g/mol. The molecule has 2 N–H and O–H groups in total. The topological polar surface area (TPSA) is 95.9 Å². The van der Waals surface area contributed by atoms with Crippen molar-refractivity contribution in [1.29, 1.82) is 0 Å². The third-order valence-electron chi connectivity index (χ3n) is 6.30. The second-order valence-electron chi connectivity index (χ2n) is 9.88. The minimum absolute atomic E-state index is 0.00741. The summed E-state index contributed by atoms with van der Waals surface area (Å²) in [6, 6.07) is 9.56. The number of ether oxygens (including phenoxy) is 1. The smallest absolute Gasteiger partial charge is 0.309 e. The van der Waals surface area contributed by atoms with Crippen LogP contribution in [0.3, 0.4) is 0 Å². The van der Waals surface area contributed by atoms with Crippen LogP contribution in [0.5, 0.6) is 0 Å². The summed E-state index contributed by atoms with van der Waals surface area (Å²) in [5, 5.41) is 12.4. The number of allylic oxidation sites excluding steroid dienone is 2. The Morgan fingerprint density at radius 3 is 2.46 bits per heavy atom. The van der Waals surface area contributed by atoms with Gasteiger partial charge in [-0.1, -0.05) is 42.5 Å². The van der Waals surface area contributed by atoms with Crippen LogP contribution in [0.15, 0.2) is 55.6 Å². The van der Waals surface area contributed by atoms with Crippen molar-refractivity contribution in [3.8, 4) is 0 Å². The molecule has 1 aliphatic heterocycles. The molecule has 7 nitrogen and oxygen atoms in total. The molecule has 0 spiro atoms. The lowest BCUT2D eigenvalue weighted by molar-refractivity contribution is -0.151. The predicted molar refractivity (Wildman–Crippen MR) is 136 cm³/mol. The maximum atomic E-state index is 13.0. The monoisotopic (exact) mass is 484 g/mol. The number of hydrogen-bond donors (Lipinski definition) is 2. The number of esters is 1. The number of carbonyl (C=O) groups excluding carboxylic acids is 3. The summed E-state index contributed by atoms with van der Waals surface area (Å²) in [5.74, 6) is -1.70. The Balaban J connectivity index is 1.94. The van der Waals surface area contributed by atoms with Crippen molar-refractivity contribution in [2.24, 2.45) is 11.8 Å². The normalized spacial score (nSPS) is 17.3. The number of hydrogen-bond acceptors (Lipinski definition) is 5. The maximum Gasteiger partial charge on any atom is 0.309 e. The number of rotatable bonds is 14. The molecule has 35 heavy (non-hydrogen) atoms. The van der Waals surface area contributed by atoms with Crippen LogP contribution in [0.1, 0.15) is 51.5 Å². The highest BCUT2D eigenvalue weighted by molar-refractivity contribution is 5.86. The standard InChI is InChI=1S/C28H40N2O5/c1-5-11-22(18-25(32)30-16-10-15-24(30)19-31)26(33)29-28(3,4)20-35-27(34)23(12-6-2)17-21-13-8-7-9-14-21/h5-9,13-14,22-24,31H,1-2,10-12,15-20H2,3-4H3,(H,29,33)/t22-,23+,24+/m1/s1. The van der Waals surface area contributed by atoms with Crippen LogP contribution in [0.4, 0.5) is 0 Å². The van der Waals surface area contributed by atoms with Crippen molar-refractivity contribution >= 4 is 17.8 Å². The summed E-state index contributed by atoms with van der Waals surface area (Å²) in [4.78, 5) is 40.3. The Kier molecular flexibility index (Phi) is 11.2. The quantitative estimate of drug-likeness (QED) is 0.312. The fourth-order valence-electron chi connectivity index (χ4n) is 4.37. The first-order valence-electron chi connectivity index (χ1n) is 12.4. The molecule has 1 aromatic carbocycles. The van der Waals surface area contributed by atoms with Crippen LogP contribution in [-0.2, 0) is 25.5 Å². The van der Waals surface area contributed by atoms with Gasteiger partial charge in [-0.15, -0.1) is 13.2 Å². The zero-order chi connectivity index (χ0) is 25.8. The number of nitrogens with one attached hydrogen (secondary N) is 1. The maximum absolute atomic E-state index is 13.0. The van der Waals surface area contributed by atoms with Gasteiger partial charge in [0.1, 0.15) is 6.61 Å². The van der Waals surface area contributed by atoms with Gasteiger partial charge in [0, 0.05) is 13.0 Å². The van der Waals surface area contributed by atoms with Crippen LogP contribution in [-0.4, -0.2) is 59.1 Å². The van der Waals surface area contributed by atoms with Gasteiger partial charge in [-0.2, -0.15) is 0 Å². The van der Waals surface area contributed by atoms with E-state index in [9.17, 15) is 19.5 Å². The van der Waals surface area contributed by atoms with Crippen LogP contribution >= 0.6 is 0 Å². The van der Waals surface area contributed by atoms with E-state index >= 15 is 0 Å². The summed E-state index contributed by atoms with van der Waals surface area (Å²) in [5.41, 5.74) is 0.226. The molecule has 0 bridgehead atoms. The molecule has 1 aromatic rings. The van der Waals surface area contributed by atoms with E-state index in [0.717, 1.165) is 18.4 Å². The van der Waals surface area contributed by atoms with Crippen molar-refractivity contribution in [2.75, 3.05) is 19.8 Å². The molecule has 0 saturated carbocycles. The van der Waals surface area contributed by atoms with Gasteiger partial charge in [-0.05, 0) is 51.5 Å². The molecule has 192 valence electrons.